The molecule has 0 radical (unpaired) electrons. The van der Waals surface area contributed by atoms with E-state index >= 15 is 0 Å². The highest BCUT2D eigenvalue weighted by molar-refractivity contribution is 5.77. The van der Waals surface area contributed by atoms with Crippen molar-refractivity contribution in [2.24, 2.45) is 0 Å². The first-order valence-corrected chi connectivity index (χ1v) is 8.68. The minimum absolute atomic E-state index is 0.0253. The summed E-state index contributed by atoms with van der Waals surface area (Å²) in [5.41, 5.74) is 0.428. The van der Waals surface area contributed by atoms with Gasteiger partial charge in [-0.25, -0.2) is 0 Å². The summed E-state index contributed by atoms with van der Waals surface area (Å²) in [4.78, 5) is 15.9. The van der Waals surface area contributed by atoms with Crippen LogP contribution in [0.3, 0.4) is 0 Å². The van der Waals surface area contributed by atoms with E-state index in [2.05, 4.69) is 46.4 Å². The second-order valence-electron chi connectivity index (χ2n) is 8.39. The van der Waals surface area contributed by atoms with Crippen molar-refractivity contribution < 1.29 is 4.79 Å². The van der Waals surface area contributed by atoms with Gasteiger partial charge in [-0.2, -0.15) is 0 Å². The van der Waals surface area contributed by atoms with Crippen LogP contribution in [0.25, 0.3) is 0 Å². The van der Waals surface area contributed by atoms with Gasteiger partial charge in [-0.05, 0) is 80.3 Å². The highest BCUT2D eigenvalue weighted by Gasteiger charge is 2.27. The predicted octanol–water partition coefficient (Wildman–Crippen LogP) is 4.07. The molecule has 0 unspecified atom stereocenters. The van der Waals surface area contributed by atoms with Gasteiger partial charge in [-0.1, -0.05) is 6.42 Å². The fraction of sp³-hybridized carbons (Fsp3) is 0.944. The van der Waals surface area contributed by atoms with Crippen LogP contribution in [-0.2, 0) is 4.79 Å². The van der Waals surface area contributed by atoms with Gasteiger partial charge in [0.2, 0.25) is 5.91 Å². The Morgan fingerprint density at radius 3 is 1.57 bits per heavy atom. The number of hydrogen-bond donors (Lipinski definition) is 0. The van der Waals surface area contributed by atoms with Crippen molar-refractivity contribution in [1.29, 1.82) is 0 Å². The molecular formula is C18H36N2O. The molecule has 3 heteroatoms. The number of hydrogen-bond acceptors (Lipinski definition) is 2. The molecule has 0 N–H and O–H groups in total. The van der Waals surface area contributed by atoms with Crippen molar-refractivity contribution in [3.8, 4) is 0 Å². The normalized spacial score (nSPS) is 21.8. The van der Waals surface area contributed by atoms with E-state index in [1.54, 1.807) is 0 Å². The van der Waals surface area contributed by atoms with E-state index < -0.39 is 0 Å². The number of carbonyl (C=O) groups is 1. The van der Waals surface area contributed by atoms with Crippen LogP contribution >= 0.6 is 0 Å². The average molecular weight is 296 g/mol. The molecule has 2 aliphatic rings. The zero-order chi connectivity index (χ0) is 16.1. The molecule has 0 spiro atoms. The maximum atomic E-state index is 11.4. The van der Waals surface area contributed by atoms with Crippen LogP contribution in [0.5, 0.6) is 0 Å². The van der Waals surface area contributed by atoms with E-state index in [1.807, 2.05) is 4.90 Å². The Bertz CT molecular complexity index is 319. The molecule has 0 aromatic heterocycles. The first-order chi connectivity index (χ1) is 9.62. The Labute approximate surface area is 132 Å². The summed E-state index contributed by atoms with van der Waals surface area (Å²) < 4.78 is 0. The molecule has 0 atom stereocenters. The number of likely N-dealkylation sites (tertiary alicyclic amines) is 2. The number of piperidine rings is 2. The molecule has 2 heterocycles. The number of nitrogens with zero attached hydrogens (tertiary/aromatic N) is 2. The van der Waals surface area contributed by atoms with Crippen molar-refractivity contribution in [2.75, 3.05) is 19.6 Å². The van der Waals surface area contributed by atoms with E-state index in [1.165, 1.54) is 38.8 Å². The van der Waals surface area contributed by atoms with Gasteiger partial charge < -0.3 is 4.90 Å². The molecule has 0 aliphatic carbocycles. The summed E-state index contributed by atoms with van der Waals surface area (Å²) in [6, 6.07) is 0. The van der Waals surface area contributed by atoms with Crippen molar-refractivity contribution in [3.63, 3.8) is 0 Å². The van der Waals surface area contributed by atoms with Gasteiger partial charge in [0.1, 0.15) is 0 Å². The van der Waals surface area contributed by atoms with Gasteiger partial charge in [-0.15, -0.1) is 0 Å². The van der Waals surface area contributed by atoms with Gasteiger partial charge in [0.25, 0.3) is 0 Å². The summed E-state index contributed by atoms with van der Waals surface area (Å²) in [5, 5.41) is 0. The maximum Gasteiger partial charge on any atom is 0.222 e. The fourth-order valence-electron chi connectivity index (χ4n) is 3.08. The highest BCUT2D eigenvalue weighted by atomic mass is 16.2. The van der Waals surface area contributed by atoms with Gasteiger partial charge >= 0.3 is 0 Å². The lowest BCUT2D eigenvalue weighted by Crippen LogP contribution is -2.47. The summed E-state index contributed by atoms with van der Waals surface area (Å²) in [5.74, 6) is 0.323. The van der Waals surface area contributed by atoms with Gasteiger partial charge in [0.05, 0.1) is 0 Å². The van der Waals surface area contributed by atoms with Gasteiger partial charge in [-0.3, -0.25) is 9.69 Å². The SMILES string of the molecule is CC(C)(C)N1CCCCC1.CC(C)(C)N1CCCCC1=O. The number of amides is 1. The highest BCUT2D eigenvalue weighted by Crippen LogP contribution is 2.20. The van der Waals surface area contributed by atoms with Crippen molar-refractivity contribution in [2.45, 2.75) is 91.1 Å². The zero-order valence-corrected chi connectivity index (χ0v) is 15.2. The first-order valence-electron chi connectivity index (χ1n) is 8.68. The van der Waals surface area contributed by atoms with Crippen LogP contribution in [0, 0.1) is 0 Å². The molecule has 0 saturated carbocycles. The molecule has 3 nitrogen and oxygen atoms in total. The van der Waals surface area contributed by atoms with E-state index in [-0.39, 0.29) is 5.54 Å². The van der Waals surface area contributed by atoms with Crippen LogP contribution in [0.15, 0.2) is 0 Å². The molecule has 0 aromatic rings. The third kappa shape index (κ3) is 6.37. The van der Waals surface area contributed by atoms with E-state index in [0.29, 0.717) is 11.4 Å². The molecule has 2 aliphatic heterocycles. The number of carbonyl (C=O) groups excluding carboxylic acids is 1. The van der Waals surface area contributed by atoms with Crippen molar-refractivity contribution in [3.05, 3.63) is 0 Å². The molecule has 0 aromatic carbocycles. The van der Waals surface area contributed by atoms with Gasteiger partial charge in [0.15, 0.2) is 0 Å². The Balaban J connectivity index is 0.000000211. The number of rotatable bonds is 0. The van der Waals surface area contributed by atoms with Crippen LogP contribution in [0.4, 0.5) is 0 Å². The molecule has 2 rings (SSSR count). The molecule has 2 saturated heterocycles. The summed E-state index contributed by atoms with van der Waals surface area (Å²) in [6.07, 6.45) is 7.23. The Morgan fingerprint density at radius 1 is 0.714 bits per heavy atom. The molecule has 0 bridgehead atoms. The average Bonchev–Trinajstić information content (AvgIpc) is 2.39. The van der Waals surface area contributed by atoms with Crippen LogP contribution < -0.4 is 0 Å². The molecule has 2 fully saturated rings. The quantitative estimate of drug-likeness (QED) is 0.673. The fourth-order valence-corrected chi connectivity index (χ4v) is 3.08. The second-order valence-corrected chi connectivity index (χ2v) is 8.39. The maximum absolute atomic E-state index is 11.4. The molecule has 1 amide bonds. The lowest BCUT2D eigenvalue weighted by Gasteiger charge is -2.38. The van der Waals surface area contributed by atoms with E-state index in [9.17, 15) is 4.79 Å². The summed E-state index contributed by atoms with van der Waals surface area (Å²) in [7, 11) is 0. The smallest absolute Gasteiger partial charge is 0.222 e. The Morgan fingerprint density at radius 2 is 1.24 bits per heavy atom. The van der Waals surface area contributed by atoms with Crippen molar-refractivity contribution >= 4 is 5.91 Å². The van der Waals surface area contributed by atoms with Gasteiger partial charge in [0, 0.05) is 24.0 Å². The lowest BCUT2D eigenvalue weighted by atomic mass is 10.0. The van der Waals surface area contributed by atoms with Crippen LogP contribution in [-0.4, -0.2) is 46.4 Å². The predicted molar refractivity (Wildman–Crippen MR) is 90.5 cm³/mol. The van der Waals surface area contributed by atoms with E-state index in [4.69, 9.17) is 0 Å². The molecular weight excluding hydrogens is 260 g/mol. The van der Waals surface area contributed by atoms with Crippen molar-refractivity contribution in [1.82, 2.24) is 9.80 Å². The third-order valence-electron chi connectivity index (χ3n) is 4.44. The third-order valence-corrected chi connectivity index (χ3v) is 4.44. The zero-order valence-electron chi connectivity index (χ0n) is 15.2. The second kappa shape index (κ2) is 7.62. The van der Waals surface area contributed by atoms with E-state index in [0.717, 1.165) is 19.4 Å². The minimum Gasteiger partial charge on any atom is -0.338 e. The topological polar surface area (TPSA) is 23.6 Å². The Kier molecular flexibility index (Phi) is 6.71. The molecule has 124 valence electrons. The first kappa shape index (κ1) is 18.5. The van der Waals surface area contributed by atoms with Crippen LogP contribution in [0.1, 0.15) is 80.1 Å². The largest absolute Gasteiger partial charge is 0.338 e. The standard InChI is InChI=1S/C9H17NO.C9H19N/c1-9(2,3)10-7-5-4-6-8(10)11;1-9(2,3)10-7-5-4-6-8-10/h4-7H2,1-3H3;4-8H2,1-3H3. The minimum atomic E-state index is 0.0253. The Hall–Kier alpha value is -0.570. The summed E-state index contributed by atoms with van der Waals surface area (Å²) >= 11 is 0. The monoisotopic (exact) mass is 296 g/mol. The lowest BCUT2D eigenvalue weighted by molar-refractivity contribution is -0.138. The summed E-state index contributed by atoms with van der Waals surface area (Å²) in [6.45, 7) is 16.8. The van der Waals surface area contributed by atoms with Crippen LogP contribution in [0.2, 0.25) is 0 Å². The molecule has 21 heavy (non-hydrogen) atoms.